The van der Waals surface area contributed by atoms with Crippen LogP contribution in [0.15, 0.2) is 0 Å². The quantitative estimate of drug-likeness (QED) is 0.733. The minimum Gasteiger partial charge on any atom is -0.302 e. The van der Waals surface area contributed by atoms with Gasteiger partial charge in [0.1, 0.15) is 0 Å². The molecule has 2 heterocycles. The van der Waals surface area contributed by atoms with E-state index in [-0.39, 0.29) is 0 Å². The summed E-state index contributed by atoms with van der Waals surface area (Å²) in [6.07, 6.45) is 2.81. The summed E-state index contributed by atoms with van der Waals surface area (Å²) in [5.74, 6) is 0.958. The number of likely N-dealkylation sites (tertiary alicyclic amines) is 1. The number of hydrogen-bond donors (Lipinski definition) is 0. The van der Waals surface area contributed by atoms with Gasteiger partial charge in [-0.2, -0.15) is 0 Å². The Bertz CT molecular complexity index is 204. The molecule has 17 heavy (non-hydrogen) atoms. The van der Waals surface area contributed by atoms with Crippen LogP contribution in [0.2, 0.25) is 0 Å². The van der Waals surface area contributed by atoms with E-state index < -0.39 is 0 Å². The van der Waals surface area contributed by atoms with Gasteiger partial charge in [0.15, 0.2) is 0 Å². The van der Waals surface area contributed by atoms with Crippen LogP contribution in [-0.2, 0) is 0 Å². The highest BCUT2D eigenvalue weighted by atomic mass is 15.3. The van der Waals surface area contributed by atoms with Crippen molar-refractivity contribution < 1.29 is 0 Å². The molecule has 2 aliphatic rings. The second kappa shape index (κ2) is 6.72. The first-order valence-electron chi connectivity index (χ1n) is 7.45. The molecule has 3 nitrogen and oxygen atoms in total. The molecular formula is C14H29N3. The molecule has 0 spiro atoms. The summed E-state index contributed by atoms with van der Waals surface area (Å²) in [5.41, 5.74) is 0. The zero-order chi connectivity index (χ0) is 12.1. The molecule has 0 bridgehead atoms. The molecule has 100 valence electrons. The maximum absolute atomic E-state index is 2.66. The van der Waals surface area contributed by atoms with Crippen LogP contribution in [0, 0.1) is 5.92 Å². The first-order chi connectivity index (χ1) is 8.28. The van der Waals surface area contributed by atoms with Crippen molar-refractivity contribution >= 4 is 0 Å². The summed E-state index contributed by atoms with van der Waals surface area (Å²) in [4.78, 5) is 7.86. The number of rotatable bonds is 4. The lowest BCUT2D eigenvalue weighted by atomic mass is 9.99. The minimum atomic E-state index is 0.958. The fraction of sp³-hybridized carbons (Fsp3) is 1.00. The topological polar surface area (TPSA) is 9.72 Å². The van der Waals surface area contributed by atoms with E-state index >= 15 is 0 Å². The molecule has 0 atom stereocenters. The number of hydrogen-bond acceptors (Lipinski definition) is 3. The van der Waals surface area contributed by atoms with Crippen molar-refractivity contribution in [2.45, 2.75) is 26.7 Å². The van der Waals surface area contributed by atoms with Crippen molar-refractivity contribution in [1.82, 2.24) is 14.7 Å². The van der Waals surface area contributed by atoms with E-state index in [0.717, 1.165) is 5.92 Å². The van der Waals surface area contributed by atoms with Crippen LogP contribution in [-0.4, -0.2) is 73.6 Å². The molecule has 2 rings (SSSR count). The number of piperidine rings is 1. The lowest BCUT2D eigenvalue weighted by Gasteiger charge is -2.36. The third kappa shape index (κ3) is 4.23. The Balaban J connectivity index is 1.59. The smallest absolute Gasteiger partial charge is 0.0110 e. The largest absolute Gasteiger partial charge is 0.302 e. The zero-order valence-electron chi connectivity index (χ0n) is 11.7. The van der Waals surface area contributed by atoms with E-state index in [9.17, 15) is 0 Å². The lowest BCUT2D eigenvalue weighted by molar-refractivity contribution is 0.112. The van der Waals surface area contributed by atoms with Crippen LogP contribution in [0.25, 0.3) is 0 Å². The Labute approximate surface area is 107 Å². The predicted octanol–water partition coefficient (Wildman–Crippen LogP) is 1.36. The van der Waals surface area contributed by atoms with Crippen LogP contribution in [0.5, 0.6) is 0 Å². The number of nitrogens with zero attached hydrogens (tertiary/aromatic N) is 3. The molecule has 0 aromatic rings. The van der Waals surface area contributed by atoms with Gasteiger partial charge in [-0.25, -0.2) is 0 Å². The van der Waals surface area contributed by atoms with E-state index in [0.29, 0.717) is 0 Å². The summed E-state index contributed by atoms with van der Waals surface area (Å²) in [6, 6.07) is 0. The molecule has 0 aromatic carbocycles. The third-order valence-corrected chi connectivity index (χ3v) is 4.52. The highest BCUT2D eigenvalue weighted by Crippen LogP contribution is 2.15. The van der Waals surface area contributed by atoms with Gasteiger partial charge in [-0.05, 0) is 38.4 Å². The number of piperazine rings is 1. The Morgan fingerprint density at radius 3 is 1.76 bits per heavy atom. The van der Waals surface area contributed by atoms with Crippen LogP contribution in [0.4, 0.5) is 0 Å². The normalized spacial score (nSPS) is 26.5. The second-order valence-corrected chi connectivity index (χ2v) is 5.80. The molecule has 0 saturated carbocycles. The molecule has 0 radical (unpaired) electrons. The van der Waals surface area contributed by atoms with Crippen molar-refractivity contribution in [3.63, 3.8) is 0 Å². The fourth-order valence-corrected chi connectivity index (χ4v) is 2.90. The van der Waals surface area contributed by atoms with Gasteiger partial charge >= 0.3 is 0 Å². The Kier molecular flexibility index (Phi) is 5.26. The molecule has 2 aliphatic heterocycles. The first-order valence-corrected chi connectivity index (χ1v) is 7.45. The first kappa shape index (κ1) is 13.3. The predicted molar refractivity (Wildman–Crippen MR) is 73.4 cm³/mol. The van der Waals surface area contributed by atoms with E-state index in [4.69, 9.17) is 0 Å². The molecular weight excluding hydrogens is 210 g/mol. The van der Waals surface area contributed by atoms with Crippen LogP contribution < -0.4 is 0 Å². The Morgan fingerprint density at radius 1 is 0.765 bits per heavy atom. The molecule has 0 aliphatic carbocycles. The van der Waals surface area contributed by atoms with Crippen LogP contribution in [0.1, 0.15) is 26.7 Å². The van der Waals surface area contributed by atoms with Crippen molar-refractivity contribution in [1.29, 1.82) is 0 Å². The van der Waals surface area contributed by atoms with Crippen molar-refractivity contribution in [2.75, 3.05) is 58.9 Å². The van der Waals surface area contributed by atoms with Gasteiger partial charge in [0, 0.05) is 39.3 Å². The maximum Gasteiger partial charge on any atom is 0.0110 e. The standard InChI is InChI=1S/C14H29N3/c1-3-15-8-10-17(11-9-15)13-12-16-6-4-14(2)5-7-16/h14H,3-13H2,1-2H3. The molecule has 0 amide bonds. The second-order valence-electron chi connectivity index (χ2n) is 5.80. The fourth-order valence-electron chi connectivity index (χ4n) is 2.90. The highest BCUT2D eigenvalue weighted by Gasteiger charge is 2.18. The summed E-state index contributed by atoms with van der Waals surface area (Å²) in [5, 5.41) is 0. The van der Waals surface area contributed by atoms with Gasteiger partial charge in [0.25, 0.3) is 0 Å². The lowest BCUT2D eigenvalue weighted by Crippen LogP contribution is -2.48. The van der Waals surface area contributed by atoms with Gasteiger partial charge in [0.2, 0.25) is 0 Å². The van der Waals surface area contributed by atoms with Crippen molar-refractivity contribution in [2.24, 2.45) is 5.92 Å². The average Bonchev–Trinajstić information content (AvgIpc) is 2.39. The van der Waals surface area contributed by atoms with E-state index in [2.05, 4.69) is 28.5 Å². The Hall–Kier alpha value is -0.120. The van der Waals surface area contributed by atoms with Gasteiger partial charge in [0.05, 0.1) is 0 Å². The number of likely N-dealkylation sites (N-methyl/N-ethyl adjacent to an activating group) is 1. The molecule has 3 heteroatoms. The summed E-state index contributed by atoms with van der Waals surface area (Å²) in [7, 11) is 0. The third-order valence-electron chi connectivity index (χ3n) is 4.52. The molecule has 0 aromatic heterocycles. The zero-order valence-corrected chi connectivity index (χ0v) is 11.7. The van der Waals surface area contributed by atoms with Crippen LogP contribution >= 0.6 is 0 Å². The minimum absolute atomic E-state index is 0.958. The SMILES string of the molecule is CCN1CCN(CCN2CCC(C)CC2)CC1. The molecule has 0 N–H and O–H groups in total. The molecule has 0 unspecified atom stereocenters. The van der Waals surface area contributed by atoms with Gasteiger partial charge in [-0.1, -0.05) is 13.8 Å². The van der Waals surface area contributed by atoms with Crippen molar-refractivity contribution in [3.8, 4) is 0 Å². The molecule has 2 saturated heterocycles. The summed E-state index contributed by atoms with van der Waals surface area (Å²) < 4.78 is 0. The summed E-state index contributed by atoms with van der Waals surface area (Å²) in [6.45, 7) is 16.2. The monoisotopic (exact) mass is 239 g/mol. The Morgan fingerprint density at radius 2 is 1.24 bits per heavy atom. The van der Waals surface area contributed by atoms with Crippen molar-refractivity contribution in [3.05, 3.63) is 0 Å². The summed E-state index contributed by atoms with van der Waals surface area (Å²) >= 11 is 0. The van der Waals surface area contributed by atoms with Crippen LogP contribution in [0.3, 0.4) is 0 Å². The van der Waals surface area contributed by atoms with Gasteiger partial charge in [-0.15, -0.1) is 0 Å². The maximum atomic E-state index is 2.66. The average molecular weight is 239 g/mol. The van der Waals surface area contributed by atoms with E-state index in [1.54, 1.807) is 0 Å². The van der Waals surface area contributed by atoms with E-state index in [1.165, 1.54) is 71.7 Å². The van der Waals surface area contributed by atoms with Gasteiger partial charge < -0.3 is 9.80 Å². The van der Waals surface area contributed by atoms with Gasteiger partial charge in [-0.3, -0.25) is 4.90 Å². The molecule has 2 fully saturated rings. The highest BCUT2D eigenvalue weighted by molar-refractivity contribution is 4.74. The van der Waals surface area contributed by atoms with E-state index in [1.807, 2.05) is 0 Å².